The van der Waals surface area contributed by atoms with E-state index >= 15 is 0 Å². The number of hydrazine groups is 2. The molecule has 0 unspecified atom stereocenters. The second kappa shape index (κ2) is 13.7. The third-order valence-electron chi connectivity index (χ3n) is 5.42. The van der Waals surface area contributed by atoms with E-state index in [9.17, 15) is 9.59 Å². The van der Waals surface area contributed by atoms with Crippen LogP contribution in [0.15, 0.2) is 97.1 Å². The normalized spacial score (nSPS) is 10.2. The van der Waals surface area contributed by atoms with Gasteiger partial charge in [0, 0.05) is 11.1 Å². The van der Waals surface area contributed by atoms with Crippen molar-refractivity contribution in [3.63, 3.8) is 0 Å². The Morgan fingerprint density at radius 2 is 0.925 bits per heavy atom. The van der Waals surface area contributed by atoms with E-state index in [1.807, 2.05) is 24.3 Å². The van der Waals surface area contributed by atoms with Crippen molar-refractivity contribution in [3.8, 4) is 11.1 Å². The number of benzene rings is 4. The number of halogens is 2. The Bertz CT molecular complexity index is 1440. The Balaban J connectivity index is 1.30. The van der Waals surface area contributed by atoms with Crippen molar-refractivity contribution in [2.24, 2.45) is 0 Å². The first-order valence-corrected chi connectivity index (χ1v) is 13.3. The molecule has 40 heavy (non-hydrogen) atoms. The molecule has 0 atom stereocenters. The molecular weight excluding hydrogens is 587 g/mol. The van der Waals surface area contributed by atoms with Gasteiger partial charge in [0.15, 0.2) is 10.2 Å². The molecule has 4 aromatic carbocycles. The number of rotatable bonds is 7. The summed E-state index contributed by atoms with van der Waals surface area (Å²) in [6.45, 7) is 0. The predicted octanol–water partition coefficient (Wildman–Crippen LogP) is 5.92. The van der Waals surface area contributed by atoms with Gasteiger partial charge in [-0.1, -0.05) is 71.7 Å². The second-order valence-corrected chi connectivity index (χ2v) is 9.82. The van der Waals surface area contributed by atoms with E-state index in [0.29, 0.717) is 32.5 Å². The van der Waals surface area contributed by atoms with Gasteiger partial charge in [0.05, 0.1) is 21.4 Å². The summed E-state index contributed by atoms with van der Waals surface area (Å²) in [4.78, 5) is 24.4. The molecular formula is C28H22Cl2N6O2S2. The number of thiocarbonyl (C=S) groups is 2. The van der Waals surface area contributed by atoms with Crippen LogP contribution in [0, 0.1) is 0 Å². The van der Waals surface area contributed by atoms with E-state index in [-0.39, 0.29) is 22.0 Å². The zero-order valence-electron chi connectivity index (χ0n) is 20.6. The molecule has 0 bridgehead atoms. The van der Waals surface area contributed by atoms with Crippen LogP contribution in [0.25, 0.3) is 11.1 Å². The molecule has 6 N–H and O–H groups in total. The van der Waals surface area contributed by atoms with Gasteiger partial charge in [-0.3, -0.25) is 41.9 Å². The van der Waals surface area contributed by atoms with Crippen molar-refractivity contribution in [1.29, 1.82) is 0 Å². The fourth-order valence-corrected chi connectivity index (χ4v) is 4.18. The SMILES string of the molecule is O=C(NC(=S)NNc1ccc(-c2ccc(NNC(=S)NC(=O)c3ccccc3)c(Cl)c2)cc1Cl)c1ccccc1. The molecule has 0 aliphatic rings. The summed E-state index contributed by atoms with van der Waals surface area (Å²) >= 11 is 23.3. The number of hydrogen-bond acceptors (Lipinski definition) is 6. The van der Waals surface area contributed by atoms with Gasteiger partial charge in [-0.25, -0.2) is 0 Å². The maximum absolute atomic E-state index is 12.2. The number of carbonyl (C=O) groups is 2. The molecule has 4 rings (SSSR count). The van der Waals surface area contributed by atoms with Crippen molar-refractivity contribution < 1.29 is 9.59 Å². The largest absolute Gasteiger partial charge is 0.298 e. The number of carbonyl (C=O) groups excluding carboxylic acids is 2. The quantitative estimate of drug-likeness (QED) is 0.113. The Morgan fingerprint density at radius 3 is 1.27 bits per heavy atom. The van der Waals surface area contributed by atoms with Crippen molar-refractivity contribution >= 4 is 81.1 Å². The molecule has 0 saturated carbocycles. The molecule has 0 aromatic heterocycles. The number of amides is 2. The molecule has 0 saturated heterocycles. The molecule has 0 aliphatic heterocycles. The highest BCUT2D eigenvalue weighted by atomic mass is 35.5. The third-order valence-corrected chi connectivity index (χ3v) is 6.45. The summed E-state index contributed by atoms with van der Waals surface area (Å²) in [7, 11) is 0. The Morgan fingerprint density at radius 1 is 0.550 bits per heavy atom. The molecule has 2 amide bonds. The van der Waals surface area contributed by atoms with E-state index in [0.717, 1.165) is 11.1 Å². The minimum Gasteiger partial charge on any atom is -0.298 e. The van der Waals surface area contributed by atoms with Gasteiger partial charge in [-0.15, -0.1) is 0 Å². The van der Waals surface area contributed by atoms with Crippen LogP contribution < -0.4 is 32.3 Å². The van der Waals surface area contributed by atoms with Crippen LogP contribution in [-0.4, -0.2) is 22.0 Å². The van der Waals surface area contributed by atoms with Crippen LogP contribution in [0.2, 0.25) is 10.0 Å². The highest BCUT2D eigenvalue weighted by molar-refractivity contribution is 7.80. The average molecular weight is 610 g/mol. The van der Waals surface area contributed by atoms with Gasteiger partial charge in [0.2, 0.25) is 0 Å². The smallest absolute Gasteiger partial charge is 0.257 e. The van der Waals surface area contributed by atoms with Crippen molar-refractivity contribution in [1.82, 2.24) is 21.5 Å². The molecule has 4 aromatic rings. The molecule has 0 fully saturated rings. The van der Waals surface area contributed by atoms with Gasteiger partial charge < -0.3 is 0 Å². The lowest BCUT2D eigenvalue weighted by Crippen LogP contribution is -2.42. The topological polar surface area (TPSA) is 106 Å². The number of hydrogen-bond donors (Lipinski definition) is 6. The van der Waals surface area contributed by atoms with Crippen LogP contribution in [0.4, 0.5) is 11.4 Å². The minimum absolute atomic E-state index is 0.0941. The Hall–Kier alpha value is -4.22. The summed E-state index contributed by atoms with van der Waals surface area (Å²) in [5, 5.41) is 6.20. The zero-order valence-corrected chi connectivity index (χ0v) is 23.8. The summed E-state index contributed by atoms with van der Waals surface area (Å²) in [5.41, 5.74) is 15.0. The summed E-state index contributed by atoms with van der Waals surface area (Å²) in [5.74, 6) is -0.657. The molecule has 0 spiro atoms. The number of nitrogens with one attached hydrogen (secondary N) is 6. The van der Waals surface area contributed by atoms with E-state index < -0.39 is 0 Å². The van der Waals surface area contributed by atoms with Gasteiger partial charge in [-0.05, 0) is 84.1 Å². The number of anilines is 2. The van der Waals surface area contributed by atoms with Gasteiger partial charge in [0.25, 0.3) is 11.8 Å². The summed E-state index contributed by atoms with van der Waals surface area (Å²) in [6.07, 6.45) is 0. The molecule has 8 nitrogen and oxygen atoms in total. The minimum atomic E-state index is -0.329. The maximum atomic E-state index is 12.2. The standard InChI is InChI=1S/C28H22Cl2N6O2S2/c29-21-15-19(11-13-23(21)33-35-27(39)31-25(37)17-7-3-1-4-8-17)20-12-14-24(22(30)16-20)34-36-28(40)32-26(38)18-9-5-2-6-10-18/h1-16,33-34H,(H2,31,35,37,39)(H2,32,36,38,40). The van der Waals surface area contributed by atoms with Crippen molar-refractivity contribution in [2.45, 2.75) is 0 Å². The van der Waals surface area contributed by atoms with E-state index in [1.165, 1.54) is 0 Å². The van der Waals surface area contributed by atoms with Crippen molar-refractivity contribution in [3.05, 3.63) is 118 Å². The summed E-state index contributed by atoms with van der Waals surface area (Å²) in [6, 6.07) is 28.2. The van der Waals surface area contributed by atoms with Crippen LogP contribution >= 0.6 is 47.6 Å². The first-order chi connectivity index (χ1) is 19.3. The highest BCUT2D eigenvalue weighted by Gasteiger charge is 2.11. The van der Waals surface area contributed by atoms with E-state index in [2.05, 4.69) is 32.3 Å². The average Bonchev–Trinajstić information content (AvgIpc) is 2.96. The van der Waals surface area contributed by atoms with Gasteiger partial charge in [0.1, 0.15) is 0 Å². The third kappa shape index (κ3) is 7.90. The fourth-order valence-electron chi connectivity index (χ4n) is 3.43. The summed E-state index contributed by atoms with van der Waals surface area (Å²) < 4.78 is 0. The maximum Gasteiger partial charge on any atom is 0.257 e. The van der Waals surface area contributed by atoms with Gasteiger partial charge in [-0.2, -0.15) is 0 Å². The van der Waals surface area contributed by atoms with Crippen LogP contribution in [0.5, 0.6) is 0 Å². The second-order valence-electron chi connectivity index (χ2n) is 8.19. The molecule has 0 aliphatic carbocycles. The van der Waals surface area contributed by atoms with E-state index in [4.69, 9.17) is 47.6 Å². The van der Waals surface area contributed by atoms with Crippen molar-refractivity contribution in [2.75, 3.05) is 10.9 Å². The molecule has 0 heterocycles. The first-order valence-electron chi connectivity index (χ1n) is 11.7. The predicted molar refractivity (Wildman–Crippen MR) is 168 cm³/mol. The van der Waals surface area contributed by atoms with Crippen LogP contribution in [-0.2, 0) is 0 Å². The Labute approximate surface area is 251 Å². The lowest BCUT2D eigenvalue weighted by molar-refractivity contribution is 0.0968. The Kier molecular flexibility index (Phi) is 9.87. The highest BCUT2D eigenvalue weighted by Crippen LogP contribution is 2.32. The van der Waals surface area contributed by atoms with Crippen LogP contribution in [0.1, 0.15) is 20.7 Å². The molecule has 202 valence electrons. The zero-order chi connectivity index (χ0) is 28.5. The molecule has 0 radical (unpaired) electrons. The van der Waals surface area contributed by atoms with Crippen LogP contribution in [0.3, 0.4) is 0 Å². The lowest BCUT2D eigenvalue weighted by atomic mass is 10.0. The van der Waals surface area contributed by atoms with E-state index in [1.54, 1.807) is 72.8 Å². The first kappa shape index (κ1) is 28.8. The molecule has 12 heteroatoms. The van der Waals surface area contributed by atoms with Gasteiger partial charge >= 0.3 is 0 Å². The monoisotopic (exact) mass is 608 g/mol. The lowest BCUT2D eigenvalue weighted by Gasteiger charge is -2.15. The fraction of sp³-hybridized carbons (Fsp3) is 0.